The molecule has 0 atom stereocenters. The van der Waals surface area contributed by atoms with Gasteiger partial charge in [-0.2, -0.15) is 0 Å². The fourth-order valence-corrected chi connectivity index (χ4v) is 4.76. The molecule has 1 saturated heterocycles. The number of likely N-dealkylation sites (tertiary alicyclic amines) is 1. The molecule has 158 valence electrons. The molecule has 0 saturated carbocycles. The summed E-state index contributed by atoms with van der Waals surface area (Å²) in [4.78, 5) is 14.2. The largest absolute Gasteiger partial charge is 0.448 e. The quantitative estimate of drug-likeness (QED) is 0.635. The number of β-amino-alcohol motifs (C(OH)–C–C–N with tert-alkyl or cyclic N) is 1. The first-order valence-corrected chi connectivity index (χ1v) is 10.9. The summed E-state index contributed by atoms with van der Waals surface area (Å²) in [7, 11) is 0. The Morgan fingerprint density at radius 3 is 2.06 bits per heavy atom. The van der Waals surface area contributed by atoms with Crippen LogP contribution in [0.4, 0.5) is 4.79 Å². The monoisotopic (exact) mass is 413 g/mol. The molecule has 4 heteroatoms. The maximum absolute atomic E-state index is 12.7. The molecule has 1 amide bonds. The molecule has 0 aromatic heterocycles. The molecule has 1 N–H and O–H groups in total. The summed E-state index contributed by atoms with van der Waals surface area (Å²) in [6.07, 6.45) is -0.370. The highest BCUT2D eigenvalue weighted by Gasteiger charge is 2.46. The molecule has 1 fully saturated rings. The maximum Gasteiger partial charge on any atom is 0.410 e. The second kappa shape index (κ2) is 7.54. The standard InChI is InChI=1S/C27H27NO3/c1-18(2)19-11-13-20(14-12-19)27(30)16-28(17-27)26(29)31-15-25-23-9-5-3-7-21(23)22-8-4-6-10-24(22)25/h3-14,18,25,30H,15-17H2,1-2H3. The molecule has 3 aromatic rings. The molecule has 4 nitrogen and oxygen atoms in total. The number of ether oxygens (including phenoxy) is 1. The third kappa shape index (κ3) is 3.41. The van der Waals surface area contributed by atoms with Crippen molar-refractivity contribution in [2.24, 2.45) is 0 Å². The van der Waals surface area contributed by atoms with Crippen LogP contribution >= 0.6 is 0 Å². The number of hydrogen-bond acceptors (Lipinski definition) is 3. The maximum atomic E-state index is 12.7. The van der Waals surface area contributed by atoms with Crippen molar-refractivity contribution in [3.8, 4) is 11.1 Å². The molecule has 5 rings (SSSR count). The number of fused-ring (bicyclic) bond motifs is 3. The lowest BCUT2D eigenvalue weighted by Gasteiger charge is -2.46. The van der Waals surface area contributed by atoms with Gasteiger partial charge in [0.1, 0.15) is 12.2 Å². The van der Waals surface area contributed by atoms with Crippen molar-refractivity contribution < 1.29 is 14.6 Å². The average molecular weight is 414 g/mol. The summed E-state index contributed by atoms with van der Waals surface area (Å²) in [6.45, 7) is 5.10. The molecule has 0 spiro atoms. The van der Waals surface area contributed by atoms with Gasteiger partial charge in [0, 0.05) is 5.92 Å². The highest BCUT2D eigenvalue weighted by atomic mass is 16.6. The first kappa shape index (κ1) is 19.8. The van der Waals surface area contributed by atoms with Gasteiger partial charge in [-0.1, -0.05) is 86.6 Å². The van der Waals surface area contributed by atoms with E-state index in [4.69, 9.17) is 4.74 Å². The van der Waals surface area contributed by atoms with E-state index in [0.717, 1.165) is 5.56 Å². The van der Waals surface area contributed by atoms with Crippen LogP contribution in [0.3, 0.4) is 0 Å². The second-order valence-electron chi connectivity index (χ2n) is 8.97. The molecule has 1 aliphatic carbocycles. The molecule has 3 aromatic carbocycles. The van der Waals surface area contributed by atoms with Crippen LogP contribution in [-0.4, -0.2) is 35.8 Å². The van der Waals surface area contributed by atoms with Gasteiger partial charge < -0.3 is 14.7 Å². The van der Waals surface area contributed by atoms with Crippen molar-refractivity contribution in [1.82, 2.24) is 4.90 Å². The Balaban J connectivity index is 1.24. The van der Waals surface area contributed by atoms with Gasteiger partial charge in [-0.05, 0) is 39.3 Å². The average Bonchev–Trinajstić information content (AvgIpc) is 3.09. The van der Waals surface area contributed by atoms with E-state index < -0.39 is 5.60 Å². The van der Waals surface area contributed by atoms with Crippen LogP contribution in [0.2, 0.25) is 0 Å². The van der Waals surface area contributed by atoms with Gasteiger partial charge in [0.05, 0.1) is 13.1 Å². The summed E-state index contributed by atoms with van der Waals surface area (Å²) in [6, 6.07) is 24.6. The predicted octanol–water partition coefficient (Wildman–Crippen LogP) is 5.26. The van der Waals surface area contributed by atoms with Gasteiger partial charge >= 0.3 is 6.09 Å². The molecule has 1 aliphatic heterocycles. The van der Waals surface area contributed by atoms with Crippen molar-refractivity contribution in [1.29, 1.82) is 0 Å². The van der Waals surface area contributed by atoms with E-state index >= 15 is 0 Å². The second-order valence-corrected chi connectivity index (χ2v) is 8.97. The summed E-state index contributed by atoms with van der Waals surface area (Å²) in [5, 5.41) is 10.9. The molecule has 0 radical (unpaired) electrons. The van der Waals surface area contributed by atoms with E-state index in [9.17, 15) is 9.90 Å². The van der Waals surface area contributed by atoms with Crippen molar-refractivity contribution in [3.63, 3.8) is 0 Å². The van der Waals surface area contributed by atoms with Crippen LogP contribution in [-0.2, 0) is 10.3 Å². The Labute approximate surface area is 183 Å². The zero-order valence-electron chi connectivity index (χ0n) is 17.9. The zero-order valence-corrected chi connectivity index (χ0v) is 17.9. The van der Waals surface area contributed by atoms with Crippen molar-refractivity contribution in [2.75, 3.05) is 19.7 Å². The molecule has 0 unspecified atom stereocenters. The molecule has 2 aliphatic rings. The topological polar surface area (TPSA) is 49.8 Å². The molecule has 31 heavy (non-hydrogen) atoms. The van der Waals surface area contributed by atoms with E-state index in [2.05, 4.69) is 38.1 Å². The minimum Gasteiger partial charge on any atom is -0.448 e. The lowest BCUT2D eigenvalue weighted by molar-refractivity contribution is -0.0942. The number of carbonyl (C=O) groups is 1. The SMILES string of the molecule is CC(C)c1ccc(C2(O)CN(C(=O)OCC3c4ccccc4-c4ccccc43)C2)cc1. The fraction of sp³-hybridized carbons (Fsp3) is 0.296. The van der Waals surface area contributed by atoms with Crippen LogP contribution in [0.1, 0.15) is 47.9 Å². The Kier molecular flexibility index (Phi) is 4.82. The van der Waals surface area contributed by atoms with Gasteiger partial charge in [0.25, 0.3) is 0 Å². The molecule has 0 bridgehead atoms. The third-order valence-corrected chi connectivity index (χ3v) is 6.61. The van der Waals surface area contributed by atoms with Crippen LogP contribution in [0, 0.1) is 0 Å². The van der Waals surface area contributed by atoms with Crippen molar-refractivity contribution >= 4 is 6.09 Å². The van der Waals surface area contributed by atoms with E-state index in [-0.39, 0.29) is 25.1 Å². The Hall–Kier alpha value is -3.11. The highest BCUT2D eigenvalue weighted by molar-refractivity contribution is 5.79. The van der Waals surface area contributed by atoms with Crippen molar-refractivity contribution in [3.05, 3.63) is 95.1 Å². The number of aliphatic hydroxyl groups is 1. The minimum absolute atomic E-state index is 0.0417. The summed E-state index contributed by atoms with van der Waals surface area (Å²) in [5.74, 6) is 0.488. The summed E-state index contributed by atoms with van der Waals surface area (Å²) >= 11 is 0. The van der Waals surface area contributed by atoms with Crippen LogP contribution in [0.25, 0.3) is 11.1 Å². The van der Waals surface area contributed by atoms with Gasteiger partial charge in [0.15, 0.2) is 0 Å². The van der Waals surface area contributed by atoms with Crippen LogP contribution in [0.15, 0.2) is 72.8 Å². The number of hydrogen-bond donors (Lipinski definition) is 1. The molecule has 1 heterocycles. The van der Waals surface area contributed by atoms with Gasteiger partial charge in [-0.3, -0.25) is 0 Å². The molecular formula is C27H27NO3. The van der Waals surface area contributed by atoms with E-state index in [1.165, 1.54) is 27.8 Å². The number of nitrogens with zero attached hydrogens (tertiary/aromatic N) is 1. The Morgan fingerprint density at radius 2 is 1.52 bits per heavy atom. The van der Waals surface area contributed by atoms with Gasteiger partial charge in [0.2, 0.25) is 0 Å². The fourth-order valence-electron chi connectivity index (χ4n) is 4.76. The number of amides is 1. The van der Waals surface area contributed by atoms with E-state index in [1.54, 1.807) is 4.90 Å². The predicted molar refractivity (Wildman–Crippen MR) is 121 cm³/mol. The van der Waals surface area contributed by atoms with Crippen LogP contribution < -0.4 is 0 Å². The Morgan fingerprint density at radius 1 is 0.968 bits per heavy atom. The lowest BCUT2D eigenvalue weighted by atomic mass is 9.85. The normalized spacial score (nSPS) is 16.6. The minimum atomic E-state index is -0.999. The summed E-state index contributed by atoms with van der Waals surface area (Å²) < 4.78 is 5.70. The van der Waals surface area contributed by atoms with Crippen molar-refractivity contribution in [2.45, 2.75) is 31.3 Å². The van der Waals surface area contributed by atoms with E-state index in [1.807, 2.05) is 48.5 Å². The number of rotatable bonds is 4. The number of benzene rings is 3. The first-order chi connectivity index (χ1) is 15.0. The summed E-state index contributed by atoms with van der Waals surface area (Å²) in [5.41, 5.74) is 5.90. The van der Waals surface area contributed by atoms with Gasteiger partial charge in [-0.25, -0.2) is 4.79 Å². The lowest BCUT2D eigenvalue weighted by Crippen LogP contribution is -2.61. The third-order valence-electron chi connectivity index (χ3n) is 6.61. The molecular weight excluding hydrogens is 386 g/mol. The number of carbonyl (C=O) groups excluding carboxylic acids is 1. The highest BCUT2D eigenvalue weighted by Crippen LogP contribution is 2.44. The van der Waals surface area contributed by atoms with E-state index in [0.29, 0.717) is 12.5 Å². The zero-order chi connectivity index (χ0) is 21.6. The smallest absolute Gasteiger partial charge is 0.410 e. The van der Waals surface area contributed by atoms with Gasteiger partial charge in [-0.15, -0.1) is 0 Å². The Bertz CT molecular complexity index is 1070. The van der Waals surface area contributed by atoms with Crippen LogP contribution in [0.5, 0.6) is 0 Å². The first-order valence-electron chi connectivity index (χ1n) is 10.9.